The van der Waals surface area contributed by atoms with E-state index in [0.717, 1.165) is 10.8 Å². The van der Waals surface area contributed by atoms with E-state index >= 15 is 0 Å². The first-order valence-corrected chi connectivity index (χ1v) is 5.55. The Hall–Kier alpha value is -1.87. The van der Waals surface area contributed by atoms with Crippen LogP contribution < -0.4 is 5.32 Å². The van der Waals surface area contributed by atoms with E-state index in [1.807, 2.05) is 12.1 Å². The third kappa shape index (κ3) is 2.63. The monoisotopic (exact) mass is 246 g/mol. The number of carbonyl (C=O) groups excluding carboxylic acids is 1. The van der Waals surface area contributed by atoms with Crippen LogP contribution in [0.15, 0.2) is 42.7 Å². The fourth-order valence-corrected chi connectivity index (χ4v) is 1.83. The Kier molecular flexibility index (Phi) is 3.40. The number of benzene rings is 1. The summed E-state index contributed by atoms with van der Waals surface area (Å²) in [5.74, 6) is -0.173. The van der Waals surface area contributed by atoms with Gasteiger partial charge in [0.15, 0.2) is 0 Å². The van der Waals surface area contributed by atoms with Crippen molar-refractivity contribution >= 4 is 34.0 Å². The quantitative estimate of drug-likeness (QED) is 0.826. The summed E-state index contributed by atoms with van der Waals surface area (Å²) in [6.07, 6.45) is 6.55. The molecule has 0 fully saturated rings. The molecule has 2 rings (SSSR count). The van der Waals surface area contributed by atoms with Crippen LogP contribution in [-0.2, 0) is 4.79 Å². The molecule has 1 aromatic heterocycles. The van der Waals surface area contributed by atoms with Gasteiger partial charge >= 0.3 is 0 Å². The van der Waals surface area contributed by atoms with Crippen LogP contribution >= 0.6 is 11.6 Å². The zero-order valence-corrected chi connectivity index (χ0v) is 10.0. The standard InChI is InChI=1S/C13H11ClN2O/c1-2-3-13(17)16-12-7-10(14)6-9-8-15-5-4-11(9)12/h2-8H,1H3,(H,16,17)/b3-2+. The number of nitrogens with one attached hydrogen (secondary N) is 1. The number of pyridine rings is 1. The van der Waals surface area contributed by atoms with E-state index in [-0.39, 0.29) is 5.91 Å². The van der Waals surface area contributed by atoms with Crippen molar-refractivity contribution in [1.29, 1.82) is 0 Å². The summed E-state index contributed by atoms with van der Waals surface area (Å²) >= 11 is 5.99. The molecule has 0 aliphatic heterocycles. The zero-order valence-electron chi connectivity index (χ0n) is 9.27. The van der Waals surface area contributed by atoms with Crippen molar-refractivity contribution in [3.05, 3.63) is 47.8 Å². The Morgan fingerprint density at radius 2 is 2.29 bits per heavy atom. The van der Waals surface area contributed by atoms with Crippen molar-refractivity contribution in [3.63, 3.8) is 0 Å². The average molecular weight is 247 g/mol. The number of hydrogen-bond donors (Lipinski definition) is 1. The molecule has 2 aromatic rings. The van der Waals surface area contributed by atoms with Crippen LogP contribution in [0.3, 0.4) is 0 Å². The van der Waals surface area contributed by atoms with Crippen LogP contribution in [0.25, 0.3) is 10.8 Å². The highest BCUT2D eigenvalue weighted by Gasteiger charge is 2.05. The van der Waals surface area contributed by atoms with Gasteiger partial charge in [-0.2, -0.15) is 0 Å². The maximum atomic E-state index is 11.5. The van der Waals surface area contributed by atoms with Gasteiger partial charge < -0.3 is 5.32 Å². The molecule has 4 heteroatoms. The summed E-state index contributed by atoms with van der Waals surface area (Å²) in [6, 6.07) is 5.39. The number of hydrogen-bond acceptors (Lipinski definition) is 2. The third-order valence-electron chi connectivity index (χ3n) is 2.29. The Morgan fingerprint density at radius 1 is 1.47 bits per heavy atom. The van der Waals surface area contributed by atoms with E-state index in [0.29, 0.717) is 10.7 Å². The van der Waals surface area contributed by atoms with Gasteiger partial charge in [0, 0.05) is 28.2 Å². The lowest BCUT2D eigenvalue weighted by molar-refractivity contribution is -0.111. The molecule has 1 amide bonds. The molecule has 0 spiro atoms. The summed E-state index contributed by atoms with van der Waals surface area (Å²) < 4.78 is 0. The van der Waals surface area contributed by atoms with Gasteiger partial charge in [-0.25, -0.2) is 0 Å². The van der Waals surface area contributed by atoms with Gasteiger partial charge in [-0.05, 0) is 31.2 Å². The lowest BCUT2D eigenvalue weighted by atomic mass is 10.1. The number of aromatic nitrogens is 1. The molecule has 0 radical (unpaired) electrons. The fourth-order valence-electron chi connectivity index (χ4n) is 1.60. The Morgan fingerprint density at radius 3 is 3.06 bits per heavy atom. The largest absolute Gasteiger partial charge is 0.322 e. The highest BCUT2D eigenvalue weighted by atomic mass is 35.5. The van der Waals surface area contributed by atoms with E-state index in [1.54, 1.807) is 31.5 Å². The number of halogens is 1. The minimum atomic E-state index is -0.173. The molecule has 1 N–H and O–H groups in total. The number of rotatable bonds is 2. The topological polar surface area (TPSA) is 42.0 Å². The van der Waals surface area contributed by atoms with Gasteiger partial charge in [0.25, 0.3) is 0 Å². The molecule has 0 aliphatic carbocycles. The molecule has 0 saturated heterocycles. The highest BCUT2D eigenvalue weighted by Crippen LogP contribution is 2.27. The number of carbonyl (C=O) groups is 1. The second-order valence-corrected chi connectivity index (χ2v) is 3.98. The van der Waals surface area contributed by atoms with E-state index in [4.69, 9.17) is 11.6 Å². The number of nitrogens with zero attached hydrogens (tertiary/aromatic N) is 1. The first-order chi connectivity index (χ1) is 8.20. The lowest BCUT2D eigenvalue weighted by Crippen LogP contribution is -2.08. The predicted octanol–water partition coefficient (Wildman–Crippen LogP) is 3.40. The fraction of sp³-hybridized carbons (Fsp3) is 0.0769. The van der Waals surface area contributed by atoms with Crippen molar-refractivity contribution in [1.82, 2.24) is 4.98 Å². The van der Waals surface area contributed by atoms with Gasteiger partial charge in [-0.15, -0.1) is 0 Å². The molecule has 1 heterocycles. The van der Waals surface area contributed by atoms with E-state index in [9.17, 15) is 4.79 Å². The van der Waals surface area contributed by atoms with E-state index in [1.165, 1.54) is 6.08 Å². The molecular weight excluding hydrogens is 236 g/mol. The maximum absolute atomic E-state index is 11.5. The van der Waals surface area contributed by atoms with Gasteiger partial charge in [0.1, 0.15) is 0 Å². The normalized spacial score (nSPS) is 10.9. The third-order valence-corrected chi connectivity index (χ3v) is 2.51. The summed E-state index contributed by atoms with van der Waals surface area (Å²) in [6.45, 7) is 1.79. The summed E-state index contributed by atoms with van der Waals surface area (Å²) in [7, 11) is 0. The van der Waals surface area contributed by atoms with Gasteiger partial charge in [0.05, 0.1) is 5.69 Å². The molecule has 0 aliphatic rings. The number of fused-ring (bicyclic) bond motifs is 1. The predicted molar refractivity (Wildman–Crippen MR) is 70.2 cm³/mol. The van der Waals surface area contributed by atoms with Crippen molar-refractivity contribution in [2.24, 2.45) is 0 Å². The van der Waals surface area contributed by atoms with Crippen LogP contribution in [0.1, 0.15) is 6.92 Å². The first-order valence-electron chi connectivity index (χ1n) is 5.17. The molecule has 0 bridgehead atoms. The van der Waals surface area contributed by atoms with Crippen LogP contribution in [0, 0.1) is 0 Å². The van der Waals surface area contributed by atoms with Gasteiger partial charge in [0.2, 0.25) is 5.91 Å². The molecule has 0 atom stereocenters. The van der Waals surface area contributed by atoms with Crippen molar-refractivity contribution in [3.8, 4) is 0 Å². The molecular formula is C13H11ClN2O. The number of anilines is 1. The van der Waals surface area contributed by atoms with E-state index < -0.39 is 0 Å². The molecule has 1 aromatic carbocycles. The minimum absolute atomic E-state index is 0.173. The Balaban J connectivity index is 2.49. The minimum Gasteiger partial charge on any atom is -0.322 e. The average Bonchev–Trinajstić information content (AvgIpc) is 2.29. The van der Waals surface area contributed by atoms with Gasteiger partial charge in [-0.1, -0.05) is 17.7 Å². The molecule has 0 unspecified atom stereocenters. The molecule has 17 heavy (non-hydrogen) atoms. The smallest absolute Gasteiger partial charge is 0.248 e. The lowest BCUT2D eigenvalue weighted by Gasteiger charge is -2.07. The van der Waals surface area contributed by atoms with Crippen LogP contribution in [0.5, 0.6) is 0 Å². The van der Waals surface area contributed by atoms with Gasteiger partial charge in [-0.3, -0.25) is 9.78 Å². The van der Waals surface area contributed by atoms with Crippen LogP contribution in [-0.4, -0.2) is 10.9 Å². The van der Waals surface area contributed by atoms with Crippen molar-refractivity contribution in [2.75, 3.05) is 5.32 Å². The molecule has 0 saturated carbocycles. The Labute approximate surface area is 104 Å². The second kappa shape index (κ2) is 4.97. The molecule has 86 valence electrons. The van der Waals surface area contributed by atoms with Crippen molar-refractivity contribution < 1.29 is 4.79 Å². The number of allylic oxidation sites excluding steroid dienone is 1. The van der Waals surface area contributed by atoms with Crippen molar-refractivity contribution in [2.45, 2.75) is 6.92 Å². The number of amides is 1. The SMILES string of the molecule is C/C=C/C(=O)Nc1cc(Cl)cc2cnccc12. The zero-order chi connectivity index (χ0) is 12.3. The maximum Gasteiger partial charge on any atom is 0.248 e. The van der Waals surface area contributed by atoms with Crippen LogP contribution in [0.4, 0.5) is 5.69 Å². The molecule has 3 nitrogen and oxygen atoms in total. The first kappa shape index (κ1) is 11.6. The Bertz CT molecular complexity index is 593. The van der Waals surface area contributed by atoms with E-state index in [2.05, 4.69) is 10.3 Å². The summed E-state index contributed by atoms with van der Waals surface area (Å²) in [4.78, 5) is 15.5. The summed E-state index contributed by atoms with van der Waals surface area (Å²) in [5.41, 5.74) is 0.693. The highest BCUT2D eigenvalue weighted by molar-refractivity contribution is 6.32. The van der Waals surface area contributed by atoms with Crippen LogP contribution in [0.2, 0.25) is 5.02 Å². The second-order valence-electron chi connectivity index (χ2n) is 3.54. The summed E-state index contributed by atoms with van der Waals surface area (Å²) in [5, 5.41) is 5.18.